The highest BCUT2D eigenvalue weighted by Crippen LogP contribution is 2.47. The first-order valence-corrected chi connectivity index (χ1v) is 12.2. The van der Waals surface area contributed by atoms with Crippen molar-refractivity contribution in [2.24, 2.45) is 0 Å². The summed E-state index contributed by atoms with van der Waals surface area (Å²) in [4.78, 5) is 23.4. The number of pyridine rings is 1. The number of allylic oxidation sites excluding steroid dienone is 4. The lowest BCUT2D eigenvalue weighted by atomic mass is 9.73. The van der Waals surface area contributed by atoms with Crippen molar-refractivity contribution in [2.75, 3.05) is 20.1 Å². The maximum absolute atomic E-state index is 12.9. The first-order valence-electron chi connectivity index (χ1n) is 12.2. The van der Waals surface area contributed by atoms with Crippen LogP contribution < -0.4 is 0 Å². The van der Waals surface area contributed by atoms with E-state index in [0.29, 0.717) is 12.2 Å². The van der Waals surface area contributed by atoms with E-state index >= 15 is 0 Å². The molecule has 2 aromatic heterocycles. The molecule has 1 fully saturated rings. The summed E-state index contributed by atoms with van der Waals surface area (Å²) >= 11 is 0. The minimum Gasteiger partial charge on any atom is -0.346 e. The molecule has 4 nitrogen and oxygen atoms in total. The molecule has 0 amide bonds. The van der Waals surface area contributed by atoms with Gasteiger partial charge in [-0.2, -0.15) is 0 Å². The van der Waals surface area contributed by atoms with E-state index in [2.05, 4.69) is 67.3 Å². The van der Waals surface area contributed by atoms with Gasteiger partial charge in [0.1, 0.15) is 5.65 Å². The third kappa shape index (κ3) is 3.23. The number of hydrogen-bond acceptors (Lipinski definition) is 3. The smallest absolute Gasteiger partial charge is 0.164 e. The van der Waals surface area contributed by atoms with Crippen LogP contribution in [0, 0.1) is 0 Å². The van der Waals surface area contributed by atoms with Crippen LogP contribution in [0.4, 0.5) is 0 Å². The zero-order valence-corrected chi connectivity index (χ0v) is 19.8. The van der Waals surface area contributed by atoms with Crippen LogP contribution in [-0.2, 0) is 5.41 Å². The lowest BCUT2D eigenvalue weighted by molar-refractivity contribution is 0.0945. The zero-order chi connectivity index (χ0) is 22.7. The molecule has 1 spiro atoms. The molecule has 3 heterocycles. The maximum atomic E-state index is 12.9. The van der Waals surface area contributed by atoms with Gasteiger partial charge in [-0.15, -0.1) is 0 Å². The fourth-order valence-corrected chi connectivity index (χ4v) is 6.31. The molecule has 3 aliphatic rings. The fourth-order valence-electron chi connectivity index (χ4n) is 6.31. The van der Waals surface area contributed by atoms with E-state index in [1.54, 1.807) is 0 Å². The Morgan fingerprint density at radius 3 is 2.70 bits per heavy atom. The Kier molecular flexibility index (Phi) is 4.70. The minimum atomic E-state index is 0. The number of hydrogen-bond donors (Lipinski definition) is 1. The molecule has 1 saturated heterocycles. The van der Waals surface area contributed by atoms with Crippen LogP contribution in [0.1, 0.15) is 68.9 Å². The molecule has 0 saturated carbocycles. The average molecular weight is 440 g/mol. The number of carbonyl (C=O) groups excluding carboxylic acids is 1. The molecule has 170 valence electrons. The van der Waals surface area contributed by atoms with Crippen LogP contribution in [0.2, 0.25) is 0 Å². The van der Waals surface area contributed by atoms with Gasteiger partial charge in [0.15, 0.2) is 5.78 Å². The monoisotopic (exact) mass is 439 g/mol. The molecule has 0 unspecified atom stereocenters. The Morgan fingerprint density at radius 2 is 1.91 bits per heavy atom. The van der Waals surface area contributed by atoms with Crippen molar-refractivity contribution in [1.29, 1.82) is 0 Å². The van der Waals surface area contributed by atoms with E-state index in [9.17, 15) is 4.79 Å². The molecule has 4 heteroatoms. The third-order valence-electron chi connectivity index (χ3n) is 8.26. The van der Waals surface area contributed by atoms with E-state index in [4.69, 9.17) is 4.98 Å². The van der Waals surface area contributed by atoms with Crippen molar-refractivity contribution < 1.29 is 6.22 Å². The second-order valence-electron chi connectivity index (χ2n) is 10.3. The van der Waals surface area contributed by atoms with Crippen LogP contribution >= 0.6 is 0 Å². The number of ketones is 1. The SMILES string of the molecule is CC1=CCCC(C)=C1c1cnc2[nH]cc(-c3ccc4c(c3)C3(CCN(C)CC3)CC4=O)c2c1.[HH]. The Morgan fingerprint density at radius 1 is 1.09 bits per heavy atom. The number of rotatable bonds is 2. The van der Waals surface area contributed by atoms with Crippen molar-refractivity contribution in [1.82, 2.24) is 14.9 Å². The topological polar surface area (TPSA) is 49.0 Å². The van der Waals surface area contributed by atoms with Crippen molar-refractivity contribution in [3.63, 3.8) is 0 Å². The highest BCUT2D eigenvalue weighted by atomic mass is 16.1. The molecule has 6 rings (SSSR count). The van der Waals surface area contributed by atoms with Crippen LogP contribution in [0.15, 0.2) is 53.9 Å². The molecular weight excluding hydrogens is 406 g/mol. The number of aromatic amines is 1. The van der Waals surface area contributed by atoms with Crippen LogP contribution in [0.5, 0.6) is 0 Å². The molecule has 1 aliphatic heterocycles. The summed E-state index contributed by atoms with van der Waals surface area (Å²) in [6.07, 6.45) is 11.4. The number of nitrogens with zero attached hydrogens (tertiary/aromatic N) is 2. The van der Waals surface area contributed by atoms with Gasteiger partial charge >= 0.3 is 0 Å². The summed E-state index contributed by atoms with van der Waals surface area (Å²) < 4.78 is 0. The highest BCUT2D eigenvalue weighted by molar-refractivity contribution is 6.04. The molecule has 33 heavy (non-hydrogen) atoms. The first kappa shape index (κ1) is 20.6. The van der Waals surface area contributed by atoms with Gasteiger partial charge in [-0.25, -0.2) is 4.98 Å². The molecule has 3 aromatic rings. The third-order valence-corrected chi connectivity index (χ3v) is 8.26. The van der Waals surface area contributed by atoms with E-state index in [1.807, 2.05) is 6.20 Å². The summed E-state index contributed by atoms with van der Waals surface area (Å²) in [5, 5.41) is 1.15. The van der Waals surface area contributed by atoms with Gasteiger partial charge in [-0.05, 0) is 94.1 Å². The number of aromatic nitrogens is 2. The molecule has 2 aliphatic carbocycles. The maximum Gasteiger partial charge on any atom is 0.164 e. The number of nitrogens with one attached hydrogen (secondary N) is 1. The molecule has 0 bridgehead atoms. The molecule has 0 atom stereocenters. The number of Topliss-reactive ketones (excluding diaryl/α,β-unsaturated/α-hetero) is 1. The molecular formula is C29H33N3O. The van der Waals surface area contributed by atoms with E-state index < -0.39 is 0 Å². The summed E-state index contributed by atoms with van der Waals surface area (Å²) in [6, 6.07) is 8.78. The second-order valence-corrected chi connectivity index (χ2v) is 10.3. The van der Waals surface area contributed by atoms with Crippen molar-refractivity contribution in [2.45, 2.75) is 51.4 Å². The minimum absolute atomic E-state index is 0. The van der Waals surface area contributed by atoms with Crippen LogP contribution in [-0.4, -0.2) is 40.8 Å². The zero-order valence-electron chi connectivity index (χ0n) is 19.8. The Balaban J connectivity index is 0.00000241. The summed E-state index contributed by atoms with van der Waals surface area (Å²) in [7, 11) is 2.18. The summed E-state index contributed by atoms with van der Waals surface area (Å²) in [5.41, 5.74) is 10.8. The Labute approximate surface area is 196 Å². The largest absolute Gasteiger partial charge is 0.346 e. The van der Waals surface area contributed by atoms with Gasteiger partial charge in [-0.3, -0.25) is 4.79 Å². The first-order chi connectivity index (χ1) is 15.9. The number of benzene rings is 1. The molecule has 1 aromatic carbocycles. The van der Waals surface area contributed by atoms with E-state index in [0.717, 1.165) is 55.4 Å². The van der Waals surface area contributed by atoms with Crippen LogP contribution in [0.25, 0.3) is 27.7 Å². The number of likely N-dealkylation sites (tertiary alicyclic amines) is 1. The van der Waals surface area contributed by atoms with Crippen molar-refractivity contribution >= 4 is 22.4 Å². The predicted molar refractivity (Wildman–Crippen MR) is 137 cm³/mol. The number of fused-ring (bicyclic) bond motifs is 3. The van der Waals surface area contributed by atoms with Gasteiger partial charge in [0.25, 0.3) is 0 Å². The van der Waals surface area contributed by atoms with E-state index in [1.165, 1.54) is 39.0 Å². The Bertz CT molecular complexity index is 1350. The quantitative estimate of drug-likeness (QED) is 0.493. The standard InChI is InChI=1S/C29H31N3O.H2/c1-18-5-4-6-19(2)27(18)21-13-23-24(17-31-28(23)30-16-21)20-7-8-22-25(14-20)29(15-26(22)33)9-11-32(3)12-10-29;/h5,7-8,13-14,16-17H,4,6,9-12,15H2,1-3H3,(H,30,31);1H. The van der Waals surface area contributed by atoms with Crippen LogP contribution in [0.3, 0.4) is 0 Å². The summed E-state index contributed by atoms with van der Waals surface area (Å²) in [6.45, 7) is 6.56. The fraction of sp³-hybridized carbons (Fsp3) is 0.379. The van der Waals surface area contributed by atoms with Gasteiger partial charge < -0.3 is 9.88 Å². The van der Waals surface area contributed by atoms with E-state index in [-0.39, 0.29) is 6.84 Å². The van der Waals surface area contributed by atoms with Gasteiger partial charge in [0.2, 0.25) is 0 Å². The van der Waals surface area contributed by atoms with Crippen molar-refractivity contribution in [3.8, 4) is 11.1 Å². The lowest BCUT2D eigenvalue weighted by Crippen LogP contribution is -2.39. The van der Waals surface area contributed by atoms with Gasteiger partial charge in [0.05, 0.1) is 0 Å². The van der Waals surface area contributed by atoms with Gasteiger partial charge in [0, 0.05) is 47.7 Å². The van der Waals surface area contributed by atoms with Crippen molar-refractivity contribution in [3.05, 3.63) is 70.6 Å². The Hall–Kier alpha value is -2.98. The number of carbonyl (C=O) groups is 1. The number of H-pyrrole nitrogens is 1. The van der Waals surface area contributed by atoms with Gasteiger partial charge in [-0.1, -0.05) is 23.8 Å². The average Bonchev–Trinajstić information content (AvgIpc) is 3.34. The normalized spacial score (nSPS) is 20.6. The number of piperidine rings is 1. The predicted octanol–water partition coefficient (Wildman–Crippen LogP) is 6.54. The molecule has 0 radical (unpaired) electrons. The summed E-state index contributed by atoms with van der Waals surface area (Å²) in [5.74, 6) is 0.311. The highest BCUT2D eigenvalue weighted by Gasteiger charge is 2.44. The molecule has 1 N–H and O–H groups in total. The second kappa shape index (κ2) is 7.53. The lowest BCUT2D eigenvalue weighted by Gasteiger charge is -2.38.